The first kappa shape index (κ1) is 7.66. The lowest BCUT2D eigenvalue weighted by atomic mass is 10.3. The Hall–Kier alpha value is -1.45. The SMILES string of the molecule is O=c1[nH]c2ccccc2o1.[B]. The number of hydrogen-bond acceptors (Lipinski definition) is 2. The standard InChI is InChI=1S/C7H5NO2.B/c9-7-8-5-3-1-2-4-6(5)10-7;/h1-4H,(H,8,9);. The lowest BCUT2D eigenvalue weighted by molar-refractivity contribution is 0.555. The molecule has 1 heterocycles. The summed E-state index contributed by atoms with van der Waals surface area (Å²) in [7, 11) is 0. The van der Waals surface area contributed by atoms with Gasteiger partial charge in [-0.3, -0.25) is 4.98 Å². The molecule has 2 aromatic rings. The average Bonchev–Trinajstić information content (AvgIpc) is 2.27. The van der Waals surface area contributed by atoms with E-state index in [9.17, 15) is 4.79 Å². The number of H-pyrrole nitrogens is 1. The van der Waals surface area contributed by atoms with E-state index in [2.05, 4.69) is 4.98 Å². The molecule has 53 valence electrons. The van der Waals surface area contributed by atoms with Crippen LogP contribution in [-0.4, -0.2) is 13.4 Å². The first-order valence-corrected chi connectivity index (χ1v) is 2.94. The van der Waals surface area contributed by atoms with Crippen molar-refractivity contribution in [2.45, 2.75) is 0 Å². The van der Waals surface area contributed by atoms with E-state index in [1.54, 1.807) is 12.1 Å². The van der Waals surface area contributed by atoms with Gasteiger partial charge in [0.2, 0.25) is 0 Å². The second-order valence-corrected chi connectivity index (χ2v) is 2.01. The third-order valence-corrected chi connectivity index (χ3v) is 1.33. The summed E-state index contributed by atoms with van der Waals surface area (Å²) < 4.78 is 4.76. The number of aromatic nitrogens is 1. The Morgan fingerprint density at radius 1 is 1.27 bits per heavy atom. The molecular formula is C7H5BNO2. The van der Waals surface area contributed by atoms with E-state index in [-0.39, 0.29) is 8.41 Å². The van der Waals surface area contributed by atoms with Crippen LogP contribution in [0.4, 0.5) is 0 Å². The molecule has 0 amide bonds. The van der Waals surface area contributed by atoms with Crippen LogP contribution in [0.5, 0.6) is 0 Å². The van der Waals surface area contributed by atoms with Crippen LogP contribution < -0.4 is 5.76 Å². The van der Waals surface area contributed by atoms with Crippen molar-refractivity contribution in [3.8, 4) is 0 Å². The van der Waals surface area contributed by atoms with Gasteiger partial charge in [0.25, 0.3) is 0 Å². The van der Waals surface area contributed by atoms with Crippen molar-refractivity contribution < 1.29 is 4.42 Å². The molecule has 1 N–H and O–H groups in total. The molecule has 0 atom stereocenters. The van der Waals surface area contributed by atoms with Crippen molar-refractivity contribution in [2.24, 2.45) is 0 Å². The van der Waals surface area contributed by atoms with E-state index in [0.29, 0.717) is 5.58 Å². The Balaban J connectivity index is 0.000000605. The van der Waals surface area contributed by atoms with E-state index in [0.717, 1.165) is 5.52 Å². The Labute approximate surface area is 64.6 Å². The molecule has 0 bridgehead atoms. The normalized spacial score (nSPS) is 9.45. The second-order valence-electron chi connectivity index (χ2n) is 2.01. The van der Waals surface area contributed by atoms with Crippen LogP contribution in [0.25, 0.3) is 11.1 Å². The summed E-state index contributed by atoms with van der Waals surface area (Å²) in [6.07, 6.45) is 0. The Bertz CT molecular complexity index is 368. The number of aromatic amines is 1. The smallest absolute Gasteiger partial charge is 0.408 e. The van der Waals surface area contributed by atoms with Crippen molar-refractivity contribution in [2.75, 3.05) is 0 Å². The number of benzene rings is 1. The fourth-order valence-electron chi connectivity index (χ4n) is 0.894. The Morgan fingerprint density at radius 3 is 2.73 bits per heavy atom. The fourth-order valence-corrected chi connectivity index (χ4v) is 0.894. The molecule has 0 aliphatic rings. The highest BCUT2D eigenvalue weighted by Gasteiger charge is 1.95. The van der Waals surface area contributed by atoms with Crippen LogP contribution in [0.3, 0.4) is 0 Å². The van der Waals surface area contributed by atoms with E-state index >= 15 is 0 Å². The summed E-state index contributed by atoms with van der Waals surface area (Å²) in [6.45, 7) is 0. The zero-order valence-corrected chi connectivity index (χ0v) is 5.70. The topological polar surface area (TPSA) is 46.0 Å². The van der Waals surface area contributed by atoms with Crippen LogP contribution in [0, 0.1) is 0 Å². The third-order valence-electron chi connectivity index (χ3n) is 1.33. The maximum Gasteiger partial charge on any atom is 0.417 e. The lowest BCUT2D eigenvalue weighted by Gasteiger charge is -1.79. The maximum absolute atomic E-state index is 10.6. The van der Waals surface area contributed by atoms with E-state index < -0.39 is 5.76 Å². The van der Waals surface area contributed by atoms with Gasteiger partial charge in [0.05, 0.1) is 5.52 Å². The minimum absolute atomic E-state index is 0. The van der Waals surface area contributed by atoms with E-state index in [1.807, 2.05) is 12.1 Å². The monoisotopic (exact) mass is 146 g/mol. The molecule has 0 fully saturated rings. The molecule has 0 aliphatic carbocycles. The highest BCUT2D eigenvalue weighted by atomic mass is 16.4. The van der Waals surface area contributed by atoms with Gasteiger partial charge in [-0.2, -0.15) is 0 Å². The highest BCUT2D eigenvalue weighted by molar-refractivity contribution is 5.75. The van der Waals surface area contributed by atoms with Gasteiger partial charge in [-0.1, -0.05) is 12.1 Å². The highest BCUT2D eigenvalue weighted by Crippen LogP contribution is 2.06. The minimum Gasteiger partial charge on any atom is -0.408 e. The number of hydrogen-bond donors (Lipinski definition) is 1. The summed E-state index contributed by atoms with van der Waals surface area (Å²) in [5, 5.41) is 0. The first-order valence-electron chi connectivity index (χ1n) is 2.94. The van der Waals surface area contributed by atoms with Crippen molar-refractivity contribution in [3.05, 3.63) is 34.8 Å². The summed E-state index contributed by atoms with van der Waals surface area (Å²) >= 11 is 0. The molecule has 4 heteroatoms. The van der Waals surface area contributed by atoms with Crippen LogP contribution >= 0.6 is 0 Å². The third kappa shape index (κ3) is 1.19. The maximum atomic E-state index is 10.6. The van der Waals surface area contributed by atoms with Crippen molar-refractivity contribution >= 4 is 19.5 Å². The number of oxazole rings is 1. The molecular weight excluding hydrogens is 141 g/mol. The molecule has 11 heavy (non-hydrogen) atoms. The summed E-state index contributed by atoms with van der Waals surface area (Å²) in [5.41, 5.74) is 1.35. The summed E-state index contributed by atoms with van der Waals surface area (Å²) in [5.74, 6) is -0.402. The van der Waals surface area contributed by atoms with Gasteiger partial charge in [0, 0.05) is 8.41 Å². The van der Waals surface area contributed by atoms with Gasteiger partial charge in [-0.15, -0.1) is 0 Å². The molecule has 0 unspecified atom stereocenters. The van der Waals surface area contributed by atoms with Gasteiger partial charge in [-0.05, 0) is 12.1 Å². The van der Waals surface area contributed by atoms with E-state index in [4.69, 9.17) is 4.42 Å². The van der Waals surface area contributed by atoms with E-state index in [1.165, 1.54) is 0 Å². The fraction of sp³-hybridized carbons (Fsp3) is 0. The largest absolute Gasteiger partial charge is 0.417 e. The van der Waals surface area contributed by atoms with Gasteiger partial charge in [0.15, 0.2) is 5.58 Å². The predicted molar refractivity (Wildman–Crippen MR) is 42.6 cm³/mol. The summed E-state index contributed by atoms with van der Waals surface area (Å²) in [4.78, 5) is 13.1. The molecule has 3 radical (unpaired) electrons. The summed E-state index contributed by atoms with van der Waals surface area (Å²) in [6, 6.07) is 7.19. The van der Waals surface area contributed by atoms with Gasteiger partial charge >= 0.3 is 5.76 Å². The molecule has 0 saturated carbocycles. The predicted octanol–water partition coefficient (Wildman–Crippen LogP) is 0.740. The molecule has 1 aromatic carbocycles. The number of fused-ring (bicyclic) bond motifs is 1. The number of nitrogens with one attached hydrogen (secondary N) is 1. The van der Waals surface area contributed by atoms with Gasteiger partial charge in [0.1, 0.15) is 0 Å². The lowest BCUT2D eigenvalue weighted by Crippen LogP contribution is -1.92. The Morgan fingerprint density at radius 2 is 2.00 bits per heavy atom. The average molecular weight is 146 g/mol. The van der Waals surface area contributed by atoms with Crippen LogP contribution in [0.15, 0.2) is 33.5 Å². The molecule has 2 rings (SSSR count). The molecule has 1 aromatic heterocycles. The van der Waals surface area contributed by atoms with Crippen molar-refractivity contribution in [1.29, 1.82) is 0 Å². The van der Waals surface area contributed by atoms with Crippen LogP contribution in [0.2, 0.25) is 0 Å². The van der Waals surface area contributed by atoms with Gasteiger partial charge < -0.3 is 4.42 Å². The number of rotatable bonds is 0. The van der Waals surface area contributed by atoms with Crippen LogP contribution in [0.1, 0.15) is 0 Å². The zero-order valence-electron chi connectivity index (χ0n) is 5.70. The second kappa shape index (κ2) is 2.66. The number of para-hydroxylation sites is 2. The molecule has 0 aliphatic heterocycles. The van der Waals surface area contributed by atoms with Crippen LogP contribution in [-0.2, 0) is 0 Å². The quantitative estimate of drug-likeness (QED) is 0.557. The minimum atomic E-state index is -0.402. The molecule has 0 saturated heterocycles. The van der Waals surface area contributed by atoms with Crippen molar-refractivity contribution in [3.63, 3.8) is 0 Å². The van der Waals surface area contributed by atoms with Gasteiger partial charge in [-0.25, -0.2) is 4.79 Å². The first-order chi connectivity index (χ1) is 4.86. The Kier molecular flexibility index (Phi) is 1.85. The zero-order chi connectivity index (χ0) is 6.97. The molecule has 3 nitrogen and oxygen atoms in total. The molecule has 0 spiro atoms. The van der Waals surface area contributed by atoms with Crippen molar-refractivity contribution in [1.82, 2.24) is 4.98 Å².